The fourth-order valence-corrected chi connectivity index (χ4v) is 13.3. The number of halogens is 4. The van der Waals surface area contributed by atoms with Gasteiger partial charge in [-0.05, 0) is 80.6 Å². The molecule has 112 heavy (non-hydrogen) atoms. The lowest BCUT2D eigenvalue weighted by atomic mass is 10.1. The number of unbranched alkanes of at least 4 members (excludes halogenated alkanes) is 2. The van der Waals surface area contributed by atoms with Crippen LogP contribution in [0.1, 0.15) is 72.1 Å². The molecule has 0 bridgehead atoms. The van der Waals surface area contributed by atoms with Gasteiger partial charge in [0.05, 0.1) is 86.8 Å². The van der Waals surface area contributed by atoms with E-state index in [4.69, 9.17) is 9.47 Å². The number of carbonyl (C=O) groups excluding carboxylic acids is 5. The number of anilines is 4. The summed E-state index contributed by atoms with van der Waals surface area (Å²) in [6.45, 7) is 0.257. The average molecular weight is 1570 g/mol. The van der Waals surface area contributed by atoms with E-state index in [1.807, 2.05) is 4.90 Å². The second-order valence-corrected chi connectivity index (χ2v) is 27.2. The number of carboxylic acid groups (broad SMARTS) is 3. The fraction of sp³-hybridized carbons (Fsp3) is 0.507. The largest absolute Gasteiger partial charge is 0.494 e. The molecule has 2 aromatic heterocycles. The molecular formula is C73H88F4N18O17. The highest BCUT2D eigenvalue weighted by molar-refractivity contribution is 6.08. The highest BCUT2D eigenvalue weighted by Crippen LogP contribution is 2.34. The van der Waals surface area contributed by atoms with Crippen molar-refractivity contribution >= 4 is 92.0 Å². The molecule has 9 rings (SSSR count). The third kappa shape index (κ3) is 23.5. The smallest absolute Gasteiger partial charge is 0.320 e. The normalized spacial score (nSPS) is 17.3. The number of carboxylic acids is 3. The number of likely N-dealkylation sites (tertiary alicyclic amines) is 2. The van der Waals surface area contributed by atoms with Crippen LogP contribution in [0.25, 0.3) is 21.8 Å². The van der Waals surface area contributed by atoms with E-state index < -0.39 is 138 Å². The van der Waals surface area contributed by atoms with E-state index in [2.05, 4.69) is 52.5 Å². The van der Waals surface area contributed by atoms with Crippen LogP contribution in [0.15, 0.2) is 80.1 Å². The van der Waals surface area contributed by atoms with Crippen LogP contribution in [-0.4, -0.2) is 289 Å². The zero-order valence-corrected chi connectivity index (χ0v) is 61.2. The maximum atomic E-state index is 13.9. The van der Waals surface area contributed by atoms with E-state index in [-0.39, 0.29) is 138 Å². The van der Waals surface area contributed by atoms with Crippen LogP contribution in [0.4, 0.5) is 40.3 Å². The Bertz CT molecular complexity index is 4590. The minimum atomic E-state index is -3.22. The summed E-state index contributed by atoms with van der Waals surface area (Å²) in [5, 5.41) is 72.3. The predicted molar refractivity (Wildman–Crippen MR) is 398 cm³/mol. The Labute approximate surface area is 637 Å². The number of ether oxygens (including phenoxy) is 2. The molecule has 39 heteroatoms. The number of hydrogen-bond acceptors (Lipinski definition) is 27. The summed E-state index contributed by atoms with van der Waals surface area (Å²) in [5.41, 5.74) is -1.30. The van der Waals surface area contributed by atoms with Gasteiger partial charge < -0.3 is 77.1 Å². The van der Waals surface area contributed by atoms with Crippen molar-refractivity contribution in [3.63, 3.8) is 0 Å². The Morgan fingerprint density at radius 3 is 1.38 bits per heavy atom. The van der Waals surface area contributed by atoms with Crippen LogP contribution >= 0.6 is 0 Å². The standard InChI is InChI=1S/C73H88F4N18O17/c74-72(75)35-45(37-78)94(43-72)57(97)39-88-69(107)49-11-15-81-53-7-5-47(33-51(49)53)111-31-3-1-13-84-61-63(67(105)65(61)103)86-18-17-80-21-22-90-23-25-91(41-59(99)100)27-29-93(30-28-92(26-24-90)42-60(101)102)55(71(109)110)9-10-56(96)83-19-20-87-64-62(66(104)68(64)106)85-14-2-4-32-112-48-6-8-54-52(34-48)50(12-16-82-54)70(108)89-40-58(98)95-44-73(76,77)36-46(95)38-79/h5-8,11-12,15-16,33-34,45-46,55,80,84-87H,1-4,9-10,13-14,17-32,35-36,39-44H2,(H,83,96)(H,88,107)(H,89,108)(H,99,100)(H,101,102)(H,109,110)/t45-,46-,55?/m0/s1. The molecule has 600 valence electrons. The molecule has 3 aliphatic heterocycles. The third-order valence-corrected chi connectivity index (χ3v) is 19.2. The number of amides is 5. The molecule has 3 saturated heterocycles. The molecular weight excluding hydrogens is 1480 g/mol. The Morgan fingerprint density at radius 1 is 0.527 bits per heavy atom. The Balaban J connectivity index is 0.654. The zero-order valence-electron chi connectivity index (χ0n) is 61.2. The summed E-state index contributed by atoms with van der Waals surface area (Å²) >= 11 is 0. The number of hydrogen-bond donors (Lipinski definition) is 11. The van der Waals surface area contributed by atoms with Gasteiger partial charge in [-0.2, -0.15) is 10.5 Å². The van der Waals surface area contributed by atoms with Gasteiger partial charge >= 0.3 is 17.9 Å². The molecule has 4 aromatic carbocycles. The van der Waals surface area contributed by atoms with Crippen molar-refractivity contribution in [3.05, 3.63) is 113 Å². The molecule has 11 N–H and O–H groups in total. The molecule has 1 unspecified atom stereocenters. The van der Waals surface area contributed by atoms with Crippen molar-refractivity contribution in [3.8, 4) is 23.6 Å². The van der Waals surface area contributed by atoms with Gasteiger partial charge in [0.25, 0.3) is 45.4 Å². The number of aromatic nitrogens is 2. The molecule has 0 radical (unpaired) electrons. The Kier molecular flexibility index (Phi) is 30.1. The van der Waals surface area contributed by atoms with Gasteiger partial charge in [0.15, 0.2) is 0 Å². The van der Waals surface area contributed by atoms with Crippen molar-refractivity contribution in [2.75, 3.05) is 178 Å². The van der Waals surface area contributed by atoms with Crippen molar-refractivity contribution < 1.29 is 80.7 Å². The molecule has 0 aliphatic carbocycles. The number of pyridine rings is 2. The van der Waals surface area contributed by atoms with Crippen LogP contribution in [-0.2, 0) is 28.8 Å². The topological polar surface area (TPSA) is 473 Å². The highest BCUT2D eigenvalue weighted by atomic mass is 19.3. The maximum absolute atomic E-state index is 13.9. The van der Waals surface area contributed by atoms with E-state index >= 15 is 0 Å². The number of fused-ring (bicyclic) bond motifs is 2. The highest BCUT2D eigenvalue weighted by Gasteiger charge is 2.48. The van der Waals surface area contributed by atoms with Crippen LogP contribution in [0.5, 0.6) is 11.5 Å². The summed E-state index contributed by atoms with van der Waals surface area (Å²) in [6, 6.07) is 12.1. The van der Waals surface area contributed by atoms with Gasteiger partial charge in [-0.25, -0.2) is 17.6 Å². The summed E-state index contributed by atoms with van der Waals surface area (Å²) in [6.07, 6.45) is 2.81. The lowest BCUT2D eigenvalue weighted by molar-refractivity contribution is -0.145. The second-order valence-electron chi connectivity index (χ2n) is 27.2. The quantitative estimate of drug-likeness (QED) is 0.0140. The maximum Gasteiger partial charge on any atom is 0.320 e. The van der Waals surface area contributed by atoms with Gasteiger partial charge in [-0.3, -0.25) is 87.1 Å². The Hall–Kier alpha value is -11.5. The molecule has 35 nitrogen and oxygen atoms in total. The molecule has 3 fully saturated rings. The van der Waals surface area contributed by atoms with Gasteiger partial charge in [-0.1, -0.05) is 0 Å². The number of carbonyl (C=O) groups is 8. The van der Waals surface area contributed by atoms with Crippen LogP contribution in [0, 0.1) is 22.7 Å². The Morgan fingerprint density at radius 2 is 0.946 bits per heavy atom. The van der Waals surface area contributed by atoms with E-state index in [1.54, 1.807) is 63.2 Å². The number of rotatable bonds is 40. The molecule has 5 heterocycles. The van der Waals surface area contributed by atoms with Crippen molar-refractivity contribution in [2.24, 2.45) is 0 Å². The van der Waals surface area contributed by atoms with Crippen molar-refractivity contribution in [1.82, 2.24) is 60.6 Å². The lowest BCUT2D eigenvalue weighted by Crippen LogP contribution is -2.52. The van der Waals surface area contributed by atoms with Crippen molar-refractivity contribution in [2.45, 2.75) is 81.3 Å². The summed E-state index contributed by atoms with van der Waals surface area (Å²) < 4.78 is 67.5. The molecule has 5 amide bonds. The predicted octanol–water partition coefficient (Wildman–Crippen LogP) is 0.350. The minimum absolute atomic E-state index is 0.0168. The van der Waals surface area contributed by atoms with E-state index in [9.17, 15) is 101 Å². The second kappa shape index (κ2) is 39.9. The van der Waals surface area contributed by atoms with Crippen LogP contribution in [0.3, 0.4) is 0 Å². The van der Waals surface area contributed by atoms with Gasteiger partial charge in [-0.15, -0.1) is 0 Å². The average Bonchev–Trinajstić information content (AvgIpc) is 1.38. The monoisotopic (exact) mass is 1560 g/mol. The minimum Gasteiger partial charge on any atom is -0.494 e. The molecule has 0 saturated carbocycles. The fourth-order valence-electron chi connectivity index (χ4n) is 13.3. The summed E-state index contributed by atoms with van der Waals surface area (Å²) in [4.78, 5) is 169. The van der Waals surface area contributed by atoms with E-state index in [0.29, 0.717) is 98.3 Å². The van der Waals surface area contributed by atoms with Gasteiger partial charge in [0, 0.05) is 147 Å². The van der Waals surface area contributed by atoms with Gasteiger partial charge in [0.1, 0.15) is 52.4 Å². The van der Waals surface area contributed by atoms with Crippen molar-refractivity contribution in [1.29, 1.82) is 10.5 Å². The third-order valence-electron chi connectivity index (χ3n) is 19.2. The number of benzene rings is 2. The molecule has 6 aromatic rings. The SMILES string of the molecule is N#C[C@@H]1CC(F)(F)CN1C(=O)CNC(=O)c1ccnc2ccc(OCCCCNc3c(NCCNCCN4CCN(CC(=O)O)CCN(C(CCC(=O)NCCNc5c(NCCCCOc6ccc7nccc(C(=O)NCC(=O)N8CC(F)(F)C[C@H]8C#N)c7c6)c(=O)c5=O)C(=O)O)CCN(CC(=O)O)CC4)c(=O)c3=O)cc12. The number of nitriles is 2. The first kappa shape index (κ1) is 84.5. The molecule has 0 spiro atoms. The first-order chi connectivity index (χ1) is 53.6. The zero-order chi connectivity index (χ0) is 80.7. The first-order valence-electron chi connectivity index (χ1n) is 36.5. The number of alkyl halides is 4. The summed E-state index contributed by atoms with van der Waals surface area (Å²) in [7, 11) is 0. The number of aliphatic carboxylic acids is 3. The summed E-state index contributed by atoms with van der Waals surface area (Å²) in [5.74, 6) is -12.6. The first-order valence-corrected chi connectivity index (χ1v) is 36.5. The molecule has 3 aliphatic rings. The van der Waals surface area contributed by atoms with Crippen LogP contribution in [0.2, 0.25) is 0 Å². The van der Waals surface area contributed by atoms with Gasteiger partial charge in [0.2, 0.25) is 17.7 Å². The van der Waals surface area contributed by atoms with E-state index in [0.717, 1.165) is 9.80 Å². The number of nitrogens with zero attached hydrogens (tertiary/aromatic N) is 10. The molecule has 3 atom stereocenters. The van der Waals surface area contributed by atoms with E-state index in [1.165, 1.54) is 24.5 Å². The number of nitrogens with one attached hydrogen (secondary N) is 8. The lowest BCUT2D eigenvalue weighted by Gasteiger charge is -2.35. The van der Waals surface area contributed by atoms with Crippen LogP contribution < -0.4 is 73.7 Å².